The highest BCUT2D eigenvalue weighted by Crippen LogP contribution is 2.47. The molecule has 8 rings (SSSR count). The Morgan fingerprint density at radius 1 is 0.630 bits per heavy atom. The summed E-state index contributed by atoms with van der Waals surface area (Å²) in [5.74, 6) is 4.74. The topological polar surface area (TPSA) is 44.9 Å². The van der Waals surface area contributed by atoms with Gasteiger partial charge in [-0.2, -0.15) is 0 Å². The lowest BCUT2D eigenvalue weighted by molar-refractivity contribution is 0.482. The van der Waals surface area contributed by atoms with Crippen molar-refractivity contribution in [2.24, 2.45) is 0 Å². The molecule has 0 amide bonds. The smallest absolute Gasteiger partial charge is 0.144 e. The molecule has 4 aromatic carbocycles. The second-order valence-electron chi connectivity index (χ2n) is 13.6. The standard InChI is InChI=1S/C41H40N4O/c1-23(2)30-10-8-12-33-26(6)32-15-14-28(21-35(32)40-42-16-18-44(40)38(30)33)46-29-20-25(5)37-27(7)34-13-9-11-31(24(3)4)39(34)45-19-17-43-41(45)36(37)22-29/h8-24,26-27H,1-7H3. The Bertz CT molecular complexity index is 2150. The second-order valence-corrected chi connectivity index (χ2v) is 13.6. The van der Waals surface area contributed by atoms with Crippen molar-refractivity contribution in [3.05, 3.63) is 130 Å². The number of ether oxygens (including phenoxy) is 1. The summed E-state index contributed by atoms with van der Waals surface area (Å²) in [6.07, 6.45) is 8.02. The third-order valence-corrected chi connectivity index (χ3v) is 10.1. The van der Waals surface area contributed by atoms with Gasteiger partial charge in [-0.15, -0.1) is 0 Å². The molecule has 2 aliphatic rings. The van der Waals surface area contributed by atoms with Crippen LogP contribution in [0, 0.1) is 6.92 Å². The number of imidazole rings is 2. The quantitative estimate of drug-likeness (QED) is 0.201. The van der Waals surface area contributed by atoms with E-state index in [-0.39, 0.29) is 11.8 Å². The lowest BCUT2D eigenvalue weighted by atomic mass is 9.84. The van der Waals surface area contributed by atoms with Crippen LogP contribution in [-0.2, 0) is 0 Å². The van der Waals surface area contributed by atoms with Gasteiger partial charge in [0.15, 0.2) is 0 Å². The van der Waals surface area contributed by atoms with Gasteiger partial charge in [-0.05, 0) is 82.0 Å². The minimum absolute atomic E-state index is 0.213. The number of para-hydroxylation sites is 2. The molecule has 2 aliphatic heterocycles. The molecule has 2 aromatic heterocycles. The fraction of sp³-hybridized carbons (Fsp3) is 0.268. The number of nitrogens with zero attached hydrogens (tertiary/aromatic N) is 4. The normalized spacial score (nSPS) is 16.1. The first-order chi connectivity index (χ1) is 22.2. The summed E-state index contributed by atoms with van der Waals surface area (Å²) >= 11 is 0. The molecule has 0 spiro atoms. The van der Waals surface area contributed by atoms with E-state index in [1.807, 2.05) is 12.4 Å². The molecule has 0 fully saturated rings. The van der Waals surface area contributed by atoms with Crippen LogP contribution in [0.3, 0.4) is 0 Å². The minimum atomic E-state index is 0.213. The summed E-state index contributed by atoms with van der Waals surface area (Å²) in [5.41, 5.74) is 13.8. The van der Waals surface area contributed by atoms with Gasteiger partial charge in [-0.25, -0.2) is 9.97 Å². The Morgan fingerprint density at radius 2 is 1.20 bits per heavy atom. The lowest BCUT2D eigenvalue weighted by Crippen LogP contribution is -2.06. The Kier molecular flexibility index (Phi) is 6.57. The van der Waals surface area contributed by atoms with Gasteiger partial charge >= 0.3 is 0 Å². The average molecular weight is 605 g/mol. The number of rotatable bonds is 4. The zero-order chi connectivity index (χ0) is 31.9. The van der Waals surface area contributed by atoms with Crippen molar-refractivity contribution in [3.8, 4) is 45.6 Å². The molecule has 2 unspecified atom stereocenters. The van der Waals surface area contributed by atoms with Crippen LogP contribution in [0.1, 0.15) is 104 Å². The summed E-state index contributed by atoms with van der Waals surface area (Å²) < 4.78 is 11.3. The molecular weight excluding hydrogens is 564 g/mol. The van der Waals surface area contributed by atoms with Crippen LogP contribution in [0.5, 0.6) is 11.5 Å². The van der Waals surface area contributed by atoms with E-state index in [9.17, 15) is 0 Å². The van der Waals surface area contributed by atoms with E-state index in [0.29, 0.717) is 11.8 Å². The summed E-state index contributed by atoms with van der Waals surface area (Å²) in [6, 6.07) is 24.3. The van der Waals surface area contributed by atoms with Crippen LogP contribution in [0.2, 0.25) is 0 Å². The maximum absolute atomic E-state index is 6.73. The first-order valence-electron chi connectivity index (χ1n) is 16.5. The number of aryl methyl sites for hydroxylation is 1. The Balaban J connectivity index is 1.24. The molecule has 6 aromatic rings. The summed E-state index contributed by atoms with van der Waals surface area (Å²) in [6.45, 7) is 15.9. The Hall–Kier alpha value is -4.90. The van der Waals surface area contributed by atoms with Gasteiger partial charge in [0.1, 0.15) is 23.1 Å². The highest BCUT2D eigenvalue weighted by molar-refractivity contribution is 5.75. The summed E-state index contributed by atoms with van der Waals surface area (Å²) in [7, 11) is 0. The van der Waals surface area contributed by atoms with E-state index in [1.54, 1.807) is 0 Å². The second kappa shape index (κ2) is 10.6. The molecule has 5 heteroatoms. The molecule has 0 saturated heterocycles. The molecule has 0 N–H and O–H groups in total. The zero-order valence-corrected chi connectivity index (χ0v) is 27.7. The SMILES string of the molecule is Cc1cc(Oc2ccc3c(c2)-c2nccn2-c2c(C(C)C)cccc2C3C)cc2c1C(C)c1cccc(C(C)C)c1-n1ccnc1-2. The van der Waals surface area contributed by atoms with Crippen LogP contribution in [0.15, 0.2) is 91.5 Å². The predicted octanol–water partition coefficient (Wildman–Crippen LogP) is 10.7. The molecule has 0 saturated carbocycles. The fourth-order valence-corrected chi connectivity index (χ4v) is 7.93. The van der Waals surface area contributed by atoms with Gasteiger partial charge in [-0.1, -0.05) is 84.0 Å². The molecule has 5 nitrogen and oxygen atoms in total. The van der Waals surface area contributed by atoms with E-state index in [0.717, 1.165) is 34.3 Å². The van der Waals surface area contributed by atoms with E-state index in [2.05, 4.69) is 137 Å². The summed E-state index contributed by atoms with van der Waals surface area (Å²) in [5, 5.41) is 0. The minimum Gasteiger partial charge on any atom is -0.457 e. The van der Waals surface area contributed by atoms with Gasteiger partial charge in [0.25, 0.3) is 0 Å². The van der Waals surface area contributed by atoms with Crippen LogP contribution >= 0.6 is 0 Å². The van der Waals surface area contributed by atoms with Crippen molar-refractivity contribution >= 4 is 0 Å². The van der Waals surface area contributed by atoms with Crippen LogP contribution in [0.4, 0.5) is 0 Å². The van der Waals surface area contributed by atoms with Gasteiger partial charge < -0.3 is 4.74 Å². The number of aromatic nitrogens is 4. The maximum Gasteiger partial charge on any atom is 0.144 e. The summed E-state index contributed by atoms with van der Waals surface area (Å²) in [4.78, 5) is 9.80. The van der Waals surface area contributed by atoms with Crippen molar-refractivity contribution in [1.29, 1.82) is 0 Å². The van der Waals surface area contributed by atoms with E-state index in [1.165, 1.54) is 50.3 Å². The predicted molar refractivity (Wildman–Crippen MR) is 186 cm³/mol. The van der Waals surface area contributed by atoms with Crippen LogP contribution in [0.25, 0.3) is 34.2 Å². The van der Waals surface area contributed by atoms with Crippen molar-refractivity contribution in [3.63, 3.8) is 0 Å². The third kappa shape index (κ3) is 4.21. The van der Waals surface area contributed by atoms with E-state index >= 15 is 0 Å². The largest absolute Gasteiger partial charge is 0.457 e. The maximum atomic E-state index is 6.73. The third-order valence-electron chi connectivity index (χ3n) is 10.1. The molecular formula is C41H40N4O. The molecule has 0 radical (unpaired) electrons. The first kappa shape index (κ1) is 28.6. The number of hydrogen-bond donors (Lipinski definition) is 0. The first-order valence-corrected chi connectivity index (χ1v) is 16.5. The van der Waals surface area contributed by atoms with Gasteiger partial charge in [0, 0.05) is 47.8 Å². The Morgan fingerprint density at radius 3 is 1.80 bits per heavy atom. The van der Waals surface area contributed by atoms with Gasteiger partial charge in [-0.3, -0.25) is 9.13 Å². The Labute approximate surface area is 271 Å². The highest BCUT2D eigenvalue weighted by Gasteiger charge is 2.30. The highest BCUT2D eigenvalue weighted by atomic mass is 16.5. The molecule has 230 valence electrons. The molecule has 0 aliphatic carbocycles. The number of fused-ring (bicyclic) bond motifs is 10. The number of hydrogen-bond acceptors (Lipinski definition) is 3. The molecule has 2 atom stereocenters. The van der Waals surface area contributed by atoms with Crippen LogP contribution < -0.4 is 4.74 Å². The van der Waals surface area contributed by atoms with E-state index < -0.39 is 0 Å². The van der Waals surface area contributed by atoms with E-state index in [4.69, 9.17) is 14.7 Å². The van der Waals surface area contributed by atoms with Crippen molar-refractivity contribution in [2.75, 3.05) is 0 Å². The molecule has 4 heterocycles. The van der Waals surface area contributed by atoms with Gasteiger partial charge in [0.2, 0.25) is 0 Å². The van der Waals surface area contributed by atoms with Crippen molar-refractivity contribution in [1.82, 2.24) is 19.1 Å². The zero-order valence-electron chi connectivity index (χ0n) is 27.7. The lowest BCUT2D eigenvalue weighted by Gasteiger charge is -2.21. The van der Waals surface area contributed by atoms with Crippen LogP contribution in [-0.4, -0.2) is 19.1 Å². The average Bonchev–Trinajstić information content (AvgIpc) is 3.70. The van der Waals surface area contributed by atoms with Gasteiger partial charge in [0.05, 0.1) is 11.4 Å². The monoisotopic (exact) mass is 604 g/mol. The number of benzene rings is 4. The molecule has 46 heavy (non-hydrogen) atoms. The molecule has 0 bridgehead atoms. The fourth-order valence-electron chi connectivity index (χ4n) is 7.93. The van der Waals surface area contributed by atoms with Crippen molar-refractivity contribution < 1.29 is 4.74 Å². The van der Waals surface area contributed by atoms with Crippen molar-refractivity contribution in [2.45, 2.75) is 72.1 Å².